The number of halogens is 1. The molecule has 0 bridgehead atoms. The van der Waals surface area contributed by atoms with Crippen molar-refractivity contribution in [2.45, 2.75) is 26.1 Å². The molecule has 2 aromatic carbocycles. The van der Waals surface area contributed by atoms with Crippen LogP contribution < -0.4 is 15.5 Å². The van der Waals surface area contributed by atoms with E-state index in [-0.39, 0.29) is 19.0 Å². The highest BCUT2D eigenvalue weighted by molar-refractivity contribution is 5.90. The first-order chi connectivity index (χ1) is 15.5. The summed E-state index contributed by atoms with van der Waals surface area (Å²) in [6, 6.07) is 12.2. The Morgan fingerprint density at radius 3 is 2.72 bits per heavy atom. The second kappa shape index (κ2) is 9.61. The molecule has 0 spiro atoms. The standard InChI is InChI=1S/C23H23FN4O4/c1-15(29)27-12-20-13-28(23(30)32-20)18-6-7-21(22(24)8-18)17-4-2-16(3-5-17)9-25-10-19-11-26-14-31-19/h2-8,11,14,20,25H,9-10,12-13H2,1H3,(H,27,29). The Labute approximate surface area is 184 Å². The summed E-state index contributed by atoms with van der Waals surface area (Å²) >= 11 is 0. The molecule has 8 nitrogen and oxygen atoms in total. The lowest BCUT2D eigenvalue weighted by molar-refractivity contribution is -0.119. The van der Waals surface area contributed by atoms with Gasteiger partial charge in [-0.05, 0) is 29.3 Å². The van der Waals surface area contributed by atoms with Crippen molar-refractivity contribution < 1.29 is 23.1 Å². The molecule has 9 heteroatoms. The number of ether oxygens (including phenoxy) is 1. The molecular formula is C23H23FN4O4. The quantitative estimate of drug-likeness (QED) is 0.561. The van der Waals surface area contributed by atoms with Crippen LogP contribution in [0, 0.1) is 5.82 Å². The molecule has 166 valence electrons. The molecule has 1 fully saturated rings. The predicted molar refractivity (Wildman–Crippen MR) is 115 cm³/mol. The Bertz CT molecular complexity index is 1090. The molecule has 1 aromatic heterocycles. The van der Waals surface area contributed by atoms with Crippen LogP contribution in [0.3, 0.4) is 0 Å². The van der Waals surface area contributed by atoms with Gasteiger partial charge in [-0.15, -0.1) is 0 Å². The minimum Gasteiger partial charge on any atom is -0.447 e. The number of oxazole rings is 1. The zero-order valence-electron chi connectivity index (χ0n) is 17.5. The van der Waals surface area contributed by atoms with E-state index >= 15 is 0 Å². The summed E-state index contributed by atoms with van der Waals surface area (Å²) in [4.78, 5) is 28.4. The molecule has 0 radical (unpaired) electrons. The van der Waals surface area contributed by atoms with Crippen molar-refractivity contribution in [1.29, 1.82) is 0 Å². The summed E-state index contributed by atoms with van der Waals surface area (Å²) in [7, 11) is 0. The molecule has 1 saturated heterocycles. The van der Waals surface area contributed by atoms with Gasteiger partial charge in [-0.25, -0.2) is 14.2 Å². The lowest BCUT2D eigenvalue weighted by Gasteiger charge is -2.15. The summed E-state index contributed by atoms with van der Waals surface area (Å²) in [6.45, 7) is 3.07. The highest BCUT2D eigenvalue weighted by Crippen LogP contribution is 2.29. The third-order valence-electron chi connectivity index (χ3n) is 5.09. The maximum absolute atomic E-state index is 14.9. The number of nitrogens with zero attached hydrogens (tertiary/aromatic N) is 2. The van der Waals surface area contributed by atoms with E-state index in [2.05, 4.69) is 15.6 Å². The molecular weight excluding hydrogens is 415 g/mol. The van der Waals surface area contributed by atoms with Crippen molar-refractivity contribution in [3.05, 3.63) is 72.2 Å². The number of anilines is 1. The van der Waals surface area contributed by atoms with Crippen LogP contribution >= 0.6 is 0 Å². The lowest BCUT2D eigenvalue weighted by Crippen LogP contribution is -2.33. The van der Waals surface area contributed by atoms with Gasteiger partial charge in [0, 0.05) is 19.0 Å². The Hall–Kier alpha value is -3.72. The lowest BCUT2D eigenvalue weighted by atomic mass is 10.0. The van der Waals surface area contributed by atoms with E-state index in [1.807, 2.05) is 24.3 Å². The zero-order chi connectivity index (χ0) is 22.5. The molecule has 2 amide bonds. The maximum atomic E-state index is 14.9. The average Bonchev–Trinajstić information content (AvgIpc) is 3.42. The fraction of sp³-hybridized carbons (Fsp3) is 0.261. The van der Waals surface area contributed by atoms with Gasteiger partial charge >= 0.3 is 6.09 Å². The van der Waals surface area contributed by atoms with E-state index in [9.17, 15) is 14.0 Å². The molecule has 0 aliphatic carbocycles. The minimum absolute atomic E-state index is 0.202. The van der Waals surface area contributed by atoms with Gasteiger partial charge in [0.15, 0.2) is 6.39 Å². The summed E-state index contributed by atoms with van der Waals surface area (Å²) in [6.07, 6.45) is 2.02. The fourth-order valence-electron chi connectivity index (χ4n) is 3.46. The van der Waals surface area contributed by atoms with Crippen molar-refractivity contribution in [2.75, 3.05) is 18.0 Å². The van der Waals surface area contributed by atoms with Crippen LogP contribution in [0.15, 0.2) is 59.5 Å². The molecule has 3 aromatic rings. The van der Waals surface area contributed by atoms with Gasteiger partial charge in [0.2, 0.25) is 5.91 Å². The van der Waals surface area contributed by atoms with Crippen LogP contribution in [0.25, 0.3) is 11.1 Å². The second-order valence-corrected chi connectivity index (χ2v) is 7.49. The topological polar surface area (TPSA) is 96.7 Å². The molecule has 1 atom stereocenters. The third kappa shape index (κ3) is 5.12. The van der Waals surface area contributed by atoms with Gasteiger partial charge in [-0.2, -0.15) is 0 Å². The first-order valence-corrected chi connectivity index (χ1v) is 10.2. The molecule has 2 heterocycles. The third-order valence-corrected chi connectivity index (χ3v) is 5.09. The maximum Gasteiger partial charge on any atom is 0.414 e. The number of carbonyl (C=O) groups is 2. The summed E-state index contributed by atoms with van der Waals surface area (Å²) < 4.78 is 25.3. The normalized spacial score (nSPS) is 15.6. The van der Waals surface area contributed by atoms with Crippen LogP contribution in [-0.4, -0.2) is 36.2 Å². The smallest absolute Gasteiger partial charge is 0.414 e. The van der Waals surface area contributed by atoms with Gasteiger partial charge in [-0.1, -0.05) is 24.3 Å². The number of hydrogen-bond donors (Lipinski definition) is 2. The predicted octanol–water partition coefficient (Wildman–Crippen LogP) is 3.23. The van der Waals surface area contributed by atoms with Crippen molar-refractivity contribution in [3.8, 4) is 11.1 Å². The van der Waals surface area contributed by atoms with Crippen molar-refractivity contribution in [2.24, 2.45) is 0 Å². The fourth-order valence-corrected chi connectivity index (χ4v) is 3.46. The Balaban J connectivity index is 1.38. The SMILES string of the molecule is CC(=O)NCC1CN(c2ccc(-c3ccc(CNCc4cnco4)cc3)c(F)c2)C(=O)O1. The number of amides is 2. The van der Waals surface area contributed by atoms with E-state index in [0.29, 0.717) is 24.3 Å². The highest BCUT2D eigenvalue weighted by Gasteiger charge is 2.32. The Morgan fingerprint density at radius 1 is 1.22 bits per heavy atom. The van der Waals surface area contributed by atoms with Gasteiger partial charge in [0.1, 0.15) is 17.7 Å². The van der Waals surface area contributed by atoms with Crippen LogP contribution in [0.5, 0.6) is 0 Å². The van der Waals surface area contributed by atoms with Crippen molar-refractivity contribution >= 4 is 17.7 Å². The number of aromatic nitrogens is 1. The van der Waals surface area contributed by atoms with Crippen molar-refractivity contribution in [3.63, 3.8) is 0 Å². The van der Waals surface area contributed by atoms with E-state index in [0.717, 1.165) is 16.9 Å². The molecule has 2 N–H and O–H groups in total. The van der Waals surface area contributed by atoms with Gasteiger partial charge in [0.05, 0.1) is 31.5 Å². The molecule has 1 aliphatic rings. The number of benzene rings is 2. The van der Waals surface area contributed by atoms with E-state index in [1.54, 1.807) is 18.3 Å². The van der Waals surface area contributed by atoms with E-state index < -0.39 is 18.0 Å². The zero-order valence-corrected chi connectivity index (χ0v) is 17.5. The summed E-state index contributed by atoms with van der Waals surface area (Å²) in [5.74, 6) is 0.121. The molecule has 0 saturated carbocycles. The van der Waals surface area contributed by atoms with Crippen LogP contribution in [0.4, 0.5) is 14.9 Å². The van der Waals surface area contributed by atoms with E-state index in [4.69, 9.17) is 9.15 Å². The van der Waals surface area contributed by atoms with Crippen LogP contribution in [-0.2, 0) is 22.6 Å². The number of nitrogens with one attached hydrogen (secondary N) is 2. The Morgan fingerprint density at radius 2 is 2.03 bits per heavy atom. The van der Waals surface area contributed by atoms with Crippen LogP contribution in [0.2, 0.25) is 0 Å². The molecule has 1 aliphatic heterocycles. The summed E-state index contributed by atoms with van der Waals surface area (Å²) in [5.41, 5.74) is 2.64. The first-order valence-electron chi connectivity index (χ1n) is 10.2. The first kappa shape index (κ1) is 21.5. The number of rotatable bonds is 8. The summed E-state index contributed by atoms with van der Waals surface area (Å²) in [5, 5.41) is 5.87. The Kier molecular flexibility index (Phi) is 6.46. The number of carbonyl (C=O) groups excluding carboxylic acids is 2. The number of cyclic esters (lactones) is 1. The van der Waals surface area contributed by atoms with E-state index in [1.165, 1.54) is 24.3 Å². The average molecular weight is 438 g/mol. The molecule has 32 heavy (non-hydrogen) atoms. The van der Waals surface area contributed by atoms with Crippen LogP contribution in [0.1, 0.15) is 18.2 Å². The van der Waals surface area contributed by atoms with Crippen molar-refractivity contribution in [1.82, 2.24) is 15.6 Å². The number of hydrogen-bond acceptors (Lipinski definition) is 6. The highest BCUT2D eigenvalue weighted by atomic mass is 19.1. The van der Waals surface area contributed by atoms with Gasteiger partial charge in [-0.3, -0.25) is 9.69 Å². The minimum atomic E-state index is -0.560. The largest absolute Gasteiger partial charge is 0.447 e. The second-order valence-electron chi connectivity index (χ2n) is 7.49. The monoisotopic (exact) mass is 438 g/mol. The van der Waals surface area contributed by atoms with Gasteiger partial charge < -0.3 is 19.8 Å². The van der Waals surface area contributed by atoms with Gasteiger partial charge in [0.25, 0.3) is 0 Å². The molecule has 4 rings (SSSR count). The molecule has 1 unspecified atom stereocenters.